The Labute approximate surface area is 187 Å². The molecule has 2 heterocycles. The van der Waals surface area contributed by atoms with Gasteiger partial charge in [-0.15, -0.1) is 0 Å². The van der Waals surface area contributed by atoms with E-state index in [1.807, 2.05) is 18.2 Å². The summed E-state index contributed by atoms with van der Waals surface area (Å²) in [4.78, 5) is 11.3. The second kappa shape index (κ2) is 11.0. The first-order valence-corrected chi connectivity index (χ1v) is 11.5. The molecule has 3 atom stereocenters. The number of benzene rings is 1. The van der Waals surface area contributed by atoms with Crippen LogP contribution in [0.25, 0.3) is 0 Å². The summed E-state index contributed by atoms with van der Waals surface area (Å²) >= 11 is 0.935. The number of aromatic nitrogens is 2. The lowest BCUT2D eigenvalue weighted by Gasteiger charge is -2.29. The average Bonchev–Trinajstić information content (AvgIpc) is 3.25. The van der Waals surface area contributed by atoms with E-state index in [9.17, 15) is 0 Å². The molecule has 31 heavy (non-hydrogen) atoms. The fraction of sp³-hybridized carbons (Fsp3) is 0.524. The molecule has 0 bridgehead atoms. The van der Waals surface area contributed by atoms with Crippen LogP contribution in [0.2, 0.25) is 0 Å². The van der Waals surface area contributed by atoms with E-state index in [0.717, 1.165) is 69.0 Å². The van der Waals surface area contributed by atoms with Gasteiger partial charge >= 0.3 is 0 Å². The highest BCUT2D eigenvalue weighted by atomic mass is 32.2. The summed E-state index contributed by atoms with van der Waals surface area (Å²) < 4.78 is 10.7. The van der Waals surface area contributed by atoms with Crippen molar-refractivity contribution in [1.82, 2.24) is 9.97 Å². The maximum atomic E-state index is 6.44. The molecule has 2 aromatic rings. The maximum absolute atomic E-state index is 6.44. The lowest BCUT2D eigenvalue weighted by molar-refractivity contribution is 0.122. The van der Waals surface area contributed by atoms with Crippen LogP contribution in [-0.2, 0) is 8.92 Å². The van der Waals surface area contributed by atoms with Gasteiger partial charge in [-0.1, -0.05) is 12.1 Å². The molecule has 1 aliphatic carbocycles. The van der Waals surface area contributed by atoms with E-state index in [4.69, 9.17) is 19.8 Å². The Hall–Kier alpha value is -2.11. The molecule has 1 aromatic heterocycles. The van der Waals surface area contributed by atoms with Crippen LogP contribution in [0.3, 0.4) is 0 Å². The highest BCUT2D eigenvalue weighted by molar-refractivity contribution is 7.92. The summed E-state index contributed by atoms with van der Waals surface area (Å²) in [5.41, 5.74) is 8.61. The zero-order valence-corrected chi connectivity index (χ0v) is 18.4. The highest BCUT2D eigenvalue weighted by Crippen LogP contribution is 2.28. The Morgan fingerprint density at radius 3 is 2.97 bits per heavy atom. The molecule has 3 unspecified atom stereocenters. The van der Waals surface area contributed by atoms with Crippen molar-refractivity contribution in [2.24, 2.45) is 16.8 Å². The maximum Gasteiger partial charge on any atom is 0.224 e. The van der Waals surface area contributed by atoms with Crippen LogP contribution >= 0.6 is 12.2 Å². The minimum Gasteiger partial charge on any atom is -0.378 e. The smallest absolute Gasteiger partial charge is 0.224 e. The van der Waals surface area contributed by atoms with E-state index in [2.05, 4.69) is 37.6 Å². The number of nitrogens with two attached hydrogens (primary N) is 2. The summed E-state index contributed by atoms with van der Waals surface area (Å²) in [5, 5.41) is 12.1. The first kappa shape index (κ1) is 22.1. The molecule has 1 saturated carbocycles. The minimum atomic E-state index is -0.370. The summed E-state index contributed by atoms with van der Waals surface area (Å²) in [6.45, 7) is 3.98. The van der Waals surface area contributed by atoms with Crippen molar-refractivity contribution in [2.75, 3.05) is 48.4 Å². The third kappa shape index (κ3) is 6.20. The van der Waals surface area contributed by atoms with Crippen molar-refractivity contribution in [3.63, 3.8) is 0 Å². The summed E-state index contributed by atoms with van der Waals surface area (Å²) in [7, 11) is 0. The zero-order chi connectivity index (χ0) is 21.5. The van der Waals surface area contributed by atoms with Gasteiger partial charge in [0.1, 0.15) is 12.0 Å². The van der Waals surface area contributed by atoms with Crippen LogP contribution in [0, 0.1) is 5.92 Å². The molecule has 0 spiro atoms. The van der Waals surface area contributed by atoms with E-state index in [1.54, 1.807) is 6.20 Å². The van der Waals surface area contributed by atoms with E-state index >= 15 is 0 Å². The molecular weight excluding hydrogens is 414 g/mol. The second-order valence-corrected chi connectivity index (χ2v) is 8.41. The molecule has 6 N–H and O–H groups in total. The van der Waals surface area contributed by atoms with Gasteiger partial charge in [-0.3, -0.25) is 5.14 Å². The summed E-state index contributed by atoms with van der Waals surface area (Å²) in [6.07, 6.45) is 4.58. The van der Waals surface area contributed by atoms with Gasteiger partial charge in [0.25, 0.3) is 0 Å². The molecule has 4 rings (SSSR count). The second-order valence-electron chi connectivity index (χ2n) is 7.98. The zero-order valence-electron chi connectivity index (χ0n) is 17.6. The van der Waals surface area contributed by atoms with E-state index in [1.165, 1.54) is 0 Å². The fourth-order valence-corrected chi connectivity index (χ4v) is 4.43. The number of nitrogens with zero attached hydrogens (tertiary/aromatic N) is 3. The topological polar surface area (TPSA) is 124 Å². The molecule has 1 saturated heterocycles. The number of hydrogen-bond acceptors (Lipinski definition) is 10. The first-order chi connectivity index (χ1) is 15.2. The lowest BCUT2D eigenvalue weighted by Crippen LogP contribution is -2.36. The van der Waals surface area contributed by atoms with Gasteiger partial charge in [0.15, 0.2) is 0 Å². The molecule has 0 amide bonds. The predicted molar refractivity (Wildman–Crippen MR) is 125 cm³/mol. The van der Waals surface area contributed by atoms with Crippen LogP contribution in [0.1, 0.15) is 31.0 Å². The normalized spacial score (nSPS) is 22.3. The van der Waals surface area contributed by atoms with Gasteiger partial charge in [0.2, 0.25) is 5.95 Å². The molecular formula is C21H31N7O2S. The van der Waals surface area contributed by atoms with Gasteiger partial charge in [-0.05, 0) is 48.9 Å². The molecule has 0 radical (unpaired) electrons. The van der Waals surface area contributed by atoms with Gasteiger partial charge in [-0.25, -0.2) is 4.98 Å². The monoisotopic (exact) mass is 445 g/mol. The lowest BCUT2D eigenvalue weighted by atomic mass is 10.1. The largest absolute Gasteiger partial charge is 0.378 e. The Kier molecular flexibility index (Phi) is 7.81. The van der Waals surface area contributed by atoms with Crippen LogP contribution in [0.15, 0.2) is 36.5 Å². The van der Waals surface area contributed by atoms with Crippen molar-refractivity contribution < 1.29 is 8.92 Å². The van der Waals surface area contributed by atoms with Crippen molar-refractivity contribution in [1.29, 1.82) is 0 Å². The standard InChI is InChI=1S/C21H31N7O2S/c22-20(16-2-1-3-18(13-16)28-8-10-29-11-9-28)26-19-6-7-24-21(27-19)25-17-5-4-15(12-17)14-30-31-23/h1-3,6-7,13,15,17,20H,4-5,8-12,14,22-23H2,(H2,24,25,26,27). The van der Waals surface area contributed by atoms with Crippen LogP contribution in [0.5, 0.6) is 0 Å². The molecule has 2 aliphatic rings. The van der Waals surface area contributed by atoms with Crippen LogP contribution < -0.4 is 26.4 Å². The number of nitrogens with one attached hydrogen (secondary N) is 2. The number of rotatable bonds is 9. The van der Waals surface area contributed by atoms with E-state index in [0.29, 0.717) is 30.3 Å². The number of anilines is 3. The van der Waals surface area contributed by atoms with Gasteiger partial charge < -0.3 is 30.2 Å². The van der Waals surface area contributed by atoms with Gasteiger partial charge in [0, 0.05) is 31.0 Å². The first-order valence-electron chi connectivity index (χ1n) is 10.7. The number of morpholine rings is 1. The van der Waals surface area contributed by atoms with E-state index < -0.39 is 0 Å². The Bertz CT molecular complexity index is 837. The van der Waals surface area contributed by atoms with Gasteiger partial charge in [0.05, 0.1) is 32.0 Å². The van der Waals surface area contributed by atoms with Crippen molar-refractivity contribution in [3.8, 4) is 0 Å². The minimum absolute atomic E-state index is 0.338. The SMILES string of the molecule is NSOCC1CCC(Nc2nccc(NC(N)c3cccc(N4CCOCC4)c3)n2)C1. The predicted octanol–water partition coefficient (Wildman–Crippen LogP) is 2.50. The number of hydrogen-bond donors (Lipinski definition) is 4. The summed E-state index contributed by atoms with van der Waals surface area (Å²) in [5.74, 6) is 1.82. The number of ether oxygens (including phenoxy) is 1. The Morgan fingerprint density at radius 2 is 2.13 bits per heavy atom. The highest BCUT2D eigenvalue weighted by Gasteiger charge is 2.25. The van der Waals surface area contributed by atoms with Crippen molar-refractivity contribution in [2.45, 2.75) is 31.5 Å². The molecule has 1 aromatic carbocycles. The molecule has 2 fully saturated rings. The fourth-order valence-electron chi connectivity index (χ4n) is 4.16. The molecule has 10 heteroatoms. The van der Waals surface area contributed by atoms with Gasteiger partial charge in [-0.2, -0.15) is 4.98 Å². The van der Waals surface area contributed by atoms with E-state index in [-0.39, 0.29) is 6.17 Å². The third-order valence-electron chi connectivity index (χ3n) is 5.81. The Morgan fingerprint density at radius 1 is 1.26 bits per heavy atom. The summed E-state index contributed by atoms with van der Waals surface area (Å²) in [6, 6.07) is 10.5. The third-order valence-corrected chi connectivity index (χ3v) is 6.08. The molecule has 168 valence electrons. The van der Waals surface area contributed by atoms with Crippen LogP contribution in [0.4, 0.5) is 17.5 Å². The van der Waals surface area contributed by atoms with Crippen molar-refractivity contribution in [3.05, 3.63) is 42.1 Å². The molecule has 9 nitrogen and oxygen atoms in total. The Balaban J connectivity index is 1.34. The molecule has 1 aliphatic heterocycles. The van der Waals surface area contributed by atoms with Crippen LogP contribution in [-0.4, -0.2) is 48.9 Å². The van der Waals surface area contributed by atoms with Crippen molar-refractivity contribution >= 4 is 29.7 Å². The quantitative estimate of drug-likeness (QED) is 0.260. The average molecular weight is 446 g/mol.